The predicted molar refractivity (Wildman–Crippen MR) is 32.3 cm³/mol. The maximum absolute atomic E-state index is 12.2. The van der Waals surface area contributed by atoms with Crippen LogP contribution >= 0.6 is 0 Å². The van der Waals surface area contributed by atoms with Crippen LogP contribution in [0.25, 0.3) is 0 Å². The average molecular weight is 126 g/mol. The maximum atomic E-state index is 12.2. The van der Waals surface area contributed by atoms with Crippen molar-refractivity contribution in [2.24, 2.45) is 5.73 Å². The number of halogens is 1. The van der Waals surface area contributed by atoms with Crippen molar-refractivity contribution in [2.75, 3.05) is 0 Å². The molecule has 0 aromatic carbocycles. The van der Waals surface area contributed by atoms with Crippen molar-refractivity contribution in [3.63, 3.8) is 0 Å². The van der Waals surface area contributed by atoms with Crippen LogP contribution < -0.4 is 5.73 Å². The van der Waals surface area contributed by atoms with E-state index in [0.717, 1.165) is 0 Å². The Bertz CT molecular complexity index is 174. The summed E-state index contributed by atoms with van der Waals surface area (Å²) in [5.74, 6) is 0. The van der Waals surface area contributed by atoms with Crippen LogP contribution in [0.2, 0.25) is 0 Å². The summed E-state index contributed by atoms with van der Waals surface area (Å²) in [5, 5.41) is 0. The van der Waals surface area contributed by atoms with Crippen LogP contribution in [-0.2, 0) is 0 Å². The van der Waals surface area contributed by atoms with Crippen molar-refractivity contribution in [2.45, 2.75) is 6.30 Å². The molecule has 0 radical (unpaired) electrons. The van der Waals surface area contributed by atoms with E-state index in [1.54, 1.807) is 18.3 Å². The molecule has 1 aromatic heterocycles. The van der Waals surface area contributed by atoms with E-state index in [9.17, 15) is 4.39 Å². The molecule has 0 bridgehead atoms. The summed E-state index contributed by atoms with van der Waals surface area (Å²) >= 11 is 0. The molecule has 0 fully saturated rings. The fourth-order valence-electron chi connectivity index (χ4n) is 0.539. The zero-order valence-corrected chi connectivity index (χ0v) is 4.79. The largest absolute Gasteiger partial charge is 0.298 e. The Hall–Kier alpha value is -0.960. The van der Waals surface area contributed by atoms with Crippen molar-refractivity contribution >= 4 is 0 Å². The lowest BCUT2D eigenvalue weighted by Crippen LogP contribution is -2.02. The second-order valence-corrected chi connectivity index (χ2v) is 1.69. The summed E-state index contributed by atoms with van der Waals surface area (Å²) in [6, 6.07) is 3.24. The van der Waals surface area contributed by atoms with E-state index in [2.05, 4.69) is 4.98 Å². The van der Waals surface area contributed by atoms with E-state index in [1.165, 1.54) is 6.20 Å². The van der Waals surface area contributed by atoms with Gasteiger partial charge in [0.2, 0.25) is 0 Å². The van der Waals surface area contributed by atoms with Crippen LogP contribution in [0.5, 0.6) is 0 Å². The summed E-state index contributed by atoms with van der Waals surface area (Å²) < 4.78 is 12.2. The van der Waals surface area contributed by atoms with E-state index < -0.39 is 6.30 Å². The van der Waals surface area contributed by atoms with Gasteiger partial charge in [-0.3, -0.25) is 10.7 Å². The summed E-state index contributed by atoms with van der Waals surface area (Å²) in [6.07, 6.45) is 1.58. The molecule has 3 heteroatoms. The molecule has 2 N–H and O–H groups in total. The monoisotopic (exact) mass is 126 g/mol. The number of rotatable bonds is 1. The first-order valence-corrected chi connectivity index (χ1v) is 2.60. The molecule has 0 aliphatic heterocycles. The molecular formula is C6H7FN2. The fraction of sp³-hybridized carbons (Fsp3) is 0.167. The molecule has 0 amide bonds. The second kappa shape index (κ2) is 2.55. The molecule has 48 valence electrons. The van der Waals surface area contributed by atoms with Crippen LogP contribution in [-0.4, -0.2) is 4.98 Å². The molecule has 1 unspecified atom stereocenters. The number of hydrogen-bond donors (Lipinski definition) is 1. The highest BCUT2D eigenvalue weighted by molar-refractivity contribution is 5.10. The zero-order valence-electron chi connectivity index (χ0n) is 4.79. The number of alkyl halides is 1. The molecule has 0 spiro atoms. The van der Waals surface area contributed by atoms with Crippen molar-refractivity contribution < 1.29 is 4.39 Å². The number of nitrogens with zero attached hydrogens (tertiary/aromatic N) is 1. The van der Waals surface area contributed by atoms with Gasteiger partial charge in [0.1, 0.15) is 0 Å². The minimum absolute atomic E-state index is 0.414. The third-order valence-corrected chi connectivity index (χ3v) is 1.00. The normalized spacial score (nSPS) is 13.1. The number of hydrogen-bond acceptors (Lipinski definition) is 2. The van der Waals surface area contributed by atoms with Gasteiger partial charge in [0.15, 0.2) is 6.30 Å². The minimum Gasteiger partial charge on any atom is -0.298 e. The van der Waals surface area contributed by atoms with Gasteiger partial charge in [-0.15, -0.1) is 0 Å². The molecule has 0 saturated carbocycles. The van der Waals surface area contributed by atoms with Crippen LogP contribution in [0.1, 0.15) is 11.9 Å². The first-order chi connectivity index (χ1) is 4.30. The van der Waals surface area contributed by atoms with Gasteiger partial charge >= 0.3 is 0 Å². The van der Waals surface area contributed by atoms with Crippen LogP contribution in [0.3, 0.4) is 0 Å². The van der Waals surface area contributed by atoms with Crippen molar-refractivity contribution in [3.05, 3.63) is 30.1 Å². The van der Waals surface area contributed by atoms with Gasteiger partial charge in [-0.2, -0.15) is 0 Å². The molecule has 0 aliphatic carbocycles. The van der Waals surface area contributed by atoms with Crippen molar-refractivity contribution in [1.29, 1.82) is 0 Å². The first-order valence-electron chi connectivity index (χ1n) is 2.60. The van der Waals surface area contributed by atoms with Gasteiger partial charge in [0.25, 0.3) is 0 Å². The molecule has 1 rings (SSSR count). The molecule has 9 heavy (non-hydrogen) atoms. The molecule has 0 saturated heterocycles. The molecule has 0 aliphatic rings. The summed E-state index contributed by atoms with van der Waals surface area (Å²) in [4.78, 5) is 3.69. The van der Waals surface area contributed by atoms with Crippen LogP contribution in [0.4, 0.5) is 4.39 Å². The Labute approximate surface area is 52.5 Å². The Morgan fingerprint density at radius 3 is 2.78 bits per heavy atom. The first kappa shape index (κ1) is 6.16. The van der Waals surface area contributed by atoms with E-state index in [0.29, 0.717) is 5.56 Å². The third-order valence-electron chi connectivity index (χ3n) is 1.00. The summed E-state index contributed by atoms with van der Waals surface area (Å²) in [6.45, 7) is 0. The maximum Gasteiger partial charge on any atom is 0.175 e. The zero-order chi connectivity index (χ0) is 6.69. The van der Waals surface area contributed by atoms with Gasteiger partial charge in [-0.1, -0.05) is 6.07 Å². The Morgan fingerprint density at radius 1 is 1.67 bits per heavy atom. The van der Waals surface area contributed by atoms with Crippen LogP contribution in [0, 0.1) is 0 Å². The lowest BCUT2D eigenvalue weighted by Gasteiger charge is -1.97. The van der Waals surface area contributed by atoms with Gasteiger partial charge in [0.05, 0.1) is 0 Å². The smallest absolute Gasteiger partial charge is 0.175 e. The average Bonchev–Trinajstić information content (AvgIpc) is 1.90. The number of pyridine rings is 1. The predicted octanol–water partition coefficient (Wildman–Crippen LogP) is 1.01. The molecule has 2 nitrogen and oxygen atoms in total. The van der Waals surface area contributed by atoms with E-state index >= 15 is 0 Å². The molecule has 1 heterocycles. The van der Waals surface area contributed by atoms with Gasteiger partial charge in [-0.25, -0.2) is 4.39 Å². The number of aromatic nitrogens is 1. The Morgan fingerprint density at radius 2 is 2.44 bits per heavy atom. The minimum atomic E-state index is -1.40. The number of nitrogens with two attached hydrogens (primary N) is 1. The lowest BCUT2D eigenvalue weighted by atomic mass is 10.3. The quantitative estimate of drug-likeness (QED) is 0.570. The lowest BCUT2D eigenvalue weighted by molar-refractivity contribution is 0.355. The standard InChI is InChI=1S/C6H7FN2/c7-6(8)5-2-1-3-9-4-5/h1-4,6H,8H2. The van der Waals surface area contributed by atoms with Crippen molar-refractivity contribution in [1.82, 2.24) is 4.98 Å². The van der Waals surface area contributed by atoms with Gasteiger partial charge in [0, 0.05) is 18.0 Å². The molecular weight excluding hydrogens is 119 g/mol. The van der Waals surface area contributed by atoms with Gasteiger partial charge < -0.3 is 0 Å². The Kier molecular flexibility index (Phi) is 1.75. The highest BCUT2D eigenvalue weighted by atomic mass is 19.1. The second-order valence-electron chi connectivity index (χ2n) is 1.69. The summed E-state index contributed by atoms with van der Waals surface area (Å²) in [7, 11) is 0. The Balaban J connectivity index is 2.85. The third kappa shape index (κ3) is 1.47. The highest BCUT2D eigenvalue weighted by Gasteiger charge is 1.99. The van der Waals surface area contributed by atoms with Crippen molar-refractivity contribution in [3.8, 4) is 0 Å². The molecule has 1 atom stereocenters. The fourth-order valence-corrected chi connectivity index (χ4v) is 0.539. The highest BCUT2D eigenvalue weighted by Crippen LogP contribution is 2.07. The molecule has 1 aromatic rings. The van der Waals surface area contributed by atoms with Crippen LogP contribution in [0.15, 0.2) is 24.5 Å². The van der Waals surface area contributed by atoms with Gasteiger partial charge in [-0.05, 0) is 6.07 Å². The summed E-state index contributed by atoms with van der Waals surface area (Å²) in [5.41, 5.74) is 5.32. The van der Waals surface area contributed by atoms with E-state index in [1.807, 2.05) is 0 Å². The topological polar surface area (TPSA) is 38.9 Å². The van der Waals surface area contributed by atoms with E-state index in [-0.39, 0.29) is 0 Å². The van der Waals surface area contributed by atoms with E-state index in [4.69, 9.17) is 5.73 Å². The SMILES string of the molecule is NC(F)c1cccnc1.